The number of hydroxylamine groups is 2. The molecule has 168 valence electrons. The summed E-state index contributed by atoms with van der Waals surface area (Å²) in [5.41, 5.74) is 1.18. The van der Waals surface area contributed by atoms with Gasteiger partial charge in [-0.1, -0.05) is 12.1 Å². The Morgan fingerprint density at radius 1 is 1.16 bits per heavy atom. The van der Waals surface area contributed by atoms with Crippen molar-refractivity contribution >= 4 is 11.8 Å². The SMILES string of the molecule is CNC(=O)c1ccc(CN(OC)C(=O)c2cn(CCN3CCOCC3)c(O)c2O)cc1. The molecule has 0 bridgehead atoms. The highest BCUT2D eigenvalue weighted by Crippen LogP contribution is 2.32. The van der Waals surface area contributed by atoms with Crippen molar-refractivity contribution in [3.8, 4) is 11.6 Å². The first-order valence-corrected chi connectivity index (χ1v) is 10.0. The second-order valence-electron chi connectivity index (χ2n) is 7.16. The van der Waals surface area contributed by atoms with Crippen LogP contribution in [0.15, 0.2) is 30.5 Å². The molecule has 1 aliphatic rings. The molecule has 1 aromatic carbocycles. The van der Waals surface area contributed by atoms with Gasteiger partial charge in [0.1, 0.15) is 5.56 Å². The van der Waals surface area contributed by atoms with Gasteiger partial charge in [-0.25, -0.2) is 5.06 Å². The quantitative estimate of drug-likeness (QED) is 0.528. The van der Waals surface area contributed by atoms with Crippen LogP contribution in [0, 0.1) is 0 Å². The van der Waals surface area contributed by atoms with Crippen molar-refractivity contribution in [2.75, 3.05) is 47.0 Å². The summed E-state index contributed by atoms with van der Waals surface area (Å²) in [5, 5.41) is 24.2. The summed E-state index contributed by atoms with van der Waals surface area (Å²) in [6, 6.07) is 6.74. The Labute approximate surface area is 180 Å². The molecule has 3 rings (SSSR count). The molecule has 1 aromatic heterocycles. The van der Waals surface area contributed by atoms with Crippen LogP contribution in [0.25, 0.3) is 0 Å². The van der Waals surface area contributed by atoms with Crippen molar-refractivity contribution in [2.24, 2.45) is 0 Å². The molecule has 2 aromatic rings. The van der Waals surface area contributed by atoms with Crippen molar-refractivity contribution < 1.29 is 29.4 Å². The number of carbonyl (C=O) groups is 2. The normalized spacial score (nSPS) is 14.4. The lowest BCUT2D eigenvalue weighted by molar-refractivity contribution is -0.102. The average Bonchev–Trinajstić information content (AvgIpc) is 3.10. The van der Waals surface area contributed by atoms with Gasteiger partial charge in [0.05, 0.1) is 26.9 Å². The number of benzene rings is 1. The molecule has 0 aliphatic carbocycles. The van der Waals surface area contributed by atoms with Crippen molar-refractivity contribution in [2.45, 2.75) is 13.1 Å². The van der Waals surface area contributed by atoms with Gasteiger partial charge in [0, 0.05) is 45.0 Å². The fourth-order valence-electron chi connectivity index (χ4n) is 3.36. The van der Waals surface area contributed by atoms with E-state index in [2.05, 4.69) is 10.2 Å². The third-order valence-corrected chi connectivity index (χ3v) is 5.23. The van der Waals surface area contributed by atoms with Gasteiger partial charge < -0.3 is 24.8 Å². The van der Waals surface area contributed by atoms with Crippen molar-refractivity contribution in [1.82, 2.24) is 19.8 Å². The van der Waals surface area contributed by atoms with E-state index in [1.165, 1.54) is 17.9 Å². The number of hydrogen-bond acceptors (Lipinski definition) is 7. The molecule has 0 spiro atoms. The van der Waals surface area contributed by atoms with Gasteiger partial charge in [0.15, 0.2) is 5.75 Å². The van der Waals surface area contributed by atoms with Gasteiger partial charge in [0.2, 0.25) is 5.88 Å². The molecule has 10 nitrogen and oxygen atoms in total. The predicted octanol–water partition coefficient (Wildman–Crippen LogP) is 0.795. The highest BCUT2D eigenvalue weighted by Gasteiger charge is 2.25. The zero-order valence-corrected chi connectivity index (χ0v) is 17.7. The Morgan fingerprint density at radius 2 is 1.84 bits per heavy atom. The minimum atomic E-state index is -0.587. The van der Waals surface area contributed by atoms with Gasteiger partial charge in [-0.3, -0.25) is 19.3 Å². The number of hydrogen-bond donors (Lipinski definition) is 3. The van der Waals surface area contributed by atoms with Crippen molar-refractivity contribution in [3.63, 3.8) is 0 Å². The molecule has 31 heavy (non-hydrogen) atoms. The summed E-state index contributed by atoms with van der Waals surface area (Å²) in [7, 11) is 2.90. The molecule has 3 N–H and O–H groups in total. The van der Waals surface area contributed by atoms with Crippen LogP contribution >= 0.6 is 0 Å². The summed E-state index contributed by atoms with van der Waals surface area (Å²) in [6.07, 6.45) is 1.42. The maximum absolute atomic E-state index is 12.9. The van der Waals surface area contributed by atoms with Crippen LogP contribution in [0.2, 0.25) is 0 Å². The number of ether oxygens (including phenoxy) is 1. The molecule has 0 saturated carbocycles. The zero-order valence-electron chi connectivity index (χ0n) is 17.7. The van der Waals surface area contributed by atoms with Crippen LogP contribution < -0.4 is 5.32 Å². The molecule has 0 atom stereocenters. The fraction of sp³-hybridized carbons (Fsp3) is 0.429. The average molecular weight is 432 g/mol. The summed E-state index contributed by atoms with van der Waals surface area (Å²) < 4.78 is 6.77. The molecule has 10 heteroatoms. The van der Waals surface area contributed by atoms with Gasteiger partial charge in [-0.2, -0.15) is 0 Å². The second-order valence-corrected chi connectivity index (χ2v) is 7.16. The van der Waals surface area contributed by atoms with E-state index in [-0.39, 0.29) is 23.9 Å². The number of morpholine rings is 1. The van der Waals surface area contributed by atoms with E-state index >= 15 is 0 Å². The van der Waals surface area contributed by atoms with E-state index in [4.69, 9.17) is 9.57 Å². The maximum Gasteiger partial charge on any atom is 0.283 e. The predicted molar refractivity (Wildman–Crippen MR) is 112 cm³/mol. The number of aromatic nitrogens is 1. The molecule has 0 unspecified atom stereocenters. The van der Waals surface area contributed by atoms with Crippen LogP contribution in [0.3, 0.4) is 0 Å². The lowest BCUT2D eigenvalue weighted by atomic mass is 10.1. The molecular weight excluding hydrogens is 404 g/mol. The van der Waals surface area contributed by atoms with Gasteiger partial charge in [-0.05, 0) is 17.7 Å². The Balaban J connectivity index is 1.68. The molecule has 2 heterocycles. The summed E-state index contributed by atoms with van der Waals surface area (Å²) in [5.74, 6) is -1.63. The zero-order chi connectivity index (χ0) is 22.4. The molecule has 1 aliphatic heterocycles. The highest BCUT2D eigenvalue weighted by molar-refractivity contribution is 5.97. The topological polar surface area (TPSA) is 117 Å². The smallest absolute Gasteiger partial charge is 0.283 e. The molecule has 2 amide bonds. The highest BCUT2D eigenvalue weighted by atomic mass is 16.7. The number of nitrogens with one attached hydrogen (secondary N) is 1. The van der Waals surface area contributed by atoms with E-state index < -0.39 is 11.7 Å². The lowest BCUT2D eigenvalue weighted by Gasteiger charge is -2.26. The van der Waals surface area contributed by atoms with Crippen LogP contribution in [0.4, 0.5) is 0 Å². The minimum absolute atomic E-state index is 0.0525. The van der Waals surface area contributed by atoms with E-state index in [1.807, 2.05) is 0 Å². The molecule has 0 radical (unpaired) electrons. The standard InChI is InChI=1S/C21H28N4O6/c1-22-19(27)16-5-3-15(4-6-16)13-25(30-2)20(28)17-14-24(21(29)18(17)26)8-7-23-9-11-31-12-10-23/h3-6,14,26,29H,7-13H2,1-2H3,(H,22,27). The maximum atomic E-state index is 12.9. The minimum Gasteiger partial charge on any atom is -0.503 e. The van der Waals surface area contributed by atoms with Crippen LogP contribution in [0.5, 0.6) is 11.6 Å². The van der Waals surface area contributed by atoms with Crippen molar-refractivity contribution in [3.05, 3.63) is 47.2 Å². The van der Waals surface area contributed by atoms with Gasteiger partial charge in [0.25, 0.3) is 11.8 Å². The van der Waals surface area contributed by atoms with E-state index in [0.717, 1.165) is 23.7 Å². The first-order chi connectivity index (χ1) is 14.9. The fourth-order valence-corrected chi connectivity index (χ4v) is 3.36. The number of carbonyl (C=O) groups excluding carboxylic acids is 2. The largest absolute Gasteiger partial charge is 0.503 e. The monoisotopic (exact) mass is 432 g/mol. The lowest BCUT2D eigenvalue weighted by Crippen LogP contribution is -2.38. The Morgan fingerprint density at radius 3 is 2.45 bits per heavy atom. The number of aromatic hydroxyl groups is 2. The molecular formula is C21H28N4O6. The molecule has 1 saturated heterocycles. The van der Waals surface area contributed by atoms with E-state index in [1.54, 1.807) is 31.3 Å². The first-order valence-electron chi connectivity index (χ1n) is 10.0. The van der Waals surface area contributed by atoms with Crippen molar-refractivity contribution in [1.29, 1.82) is 0 Å². The Hall–Kier alpha value is -3.08. The summed E-state index contributed by atoms with van der Waals surface area (Å²) in [6.45, 7) is 4.11. The first kappa shape index (κ1) is 22.6. The Bertz CT molecular complexity index is 905. The third-order valence-electron chi connectivity index (χ3n) is 5.23. The van der Waals surface area contributed by atoms with E-state index in [9.17, 15) is 19.8 Å². The van der Waals surface area contributed by atoms with Crippen LogP contribution in [-0.2, 0) is 22.7 Å². The summed E-state index contributed by atoms with van der Waals surface area (Å²) in [4.78, 5) is 32.0. The number of rotatable bonds is 8. The van der Waals surface area contributed by atoms with E-state index in [0.29, 0.717) is 31.9 Å². The molecule has 1 fully saturated rings. The second kappa shape index (κ2) is 10.3. The summed E-state index contributed by atoms with van der Waals surface area (Å²) >= 11 is 0. The number of amides is 2. The number of nitrogens with zero attached hydrogens (tertiary/aromatic N) is 3. The van der Waals surface area contributed by atoms with Crippen LogP contribution in [0.1, 0.15) is 26.3 Å². The van der Waals surface area contributed by atoms with Crippen LogP contribution in [-0.4, -0.2) is 83.6 Å². The Kier molecular flexibility index (Phi) is 7.50. The third kappa shape index (κ3) is 5.35. The van der Waals surface area contributed by atoms with Gasteiger partial charge >= 0.3 is 0 Å². The van der Waals surface area contributed by atoms with Gasteiger partial charge in [-0.15, -0.1) is 0 Å².